The normalized spacial score (nSPS) is 23.1. The number of rotatable bonds is 3. The summed E-state index contributed by atoms with van der Waals surface area (Å²) >= 11 is 0. The second-order valence-electron chi connectivity index (χ2n) is 5.48. The van der Waals surface area contributed by atoms with Crippen LogP contribution in [-0.4, -0.2) is 42.1 Å². The molecule has 1 aliphatic heterocycles. The zero-order valence-electron chi connectivity index (χ0n) is 11.0. The molecule has 4 heteroatoms. The molecule has 0 spiro atoms. The van der Waals surface area contributed by atoms with Gasteiger partial charge in [0.25, 0.3) is 0 Å². The highest BCUT2D eigenvalue weighted by Crippen LogP contribution is 2.28. The predicted octanol–water partition coefficient (Wildman–Crippen LogP) is 1.39. The van der Waals surface area contributed by atoms with Crippen molar-refractivity contribution in [3.8, 4) is 0 Å². The molecular weight excluding hydrogens is 224 g/mol. The van der Waals surface area contributed by atoms with Crippen LogP contribution in [0.1, 0.15) is 31.5 Å². The lowest BCUT2D eigenvalue weighted by atomic mass is 10.2. The quantitative estimate of drug-likeness (QED) is 0.875. The van der Waals surface area contributed by atoms with Crippen LogP contribution in [0.2, 0.25) is 0 Å². The van der Waals surface area contributed by atoms with Gasteiger partial charge in [0.1, 0.15) is 0 Å². The number of anilines is 1. The molecule has 1 aliphatic carbocycles. The molecule has 1 saturated heterocycles. The average Bonchev–Trinajstić information content (AvgIpc) is 3.23. The van der Waals surface area contributed by atoms with Gasteiger partial charge < -0.3 is 10.6 Å². The highest BCUT2D eigenvalue weighted by atomic mass is 15.3. The largest absolute Gasteiger partial charge is 0.368 e. The highest BCUT2D eigenvalue weighted by Gasteiger charge is 2.31. The van der Waals surface area contributed by atoms with Crippen LogP contribution in [-0.2, 0) is 0 Å². The van der Waals surface area contributed by atoms with Gasteiger partial charge in [-0.3, -0.25) is 9.88 Å². The van der Waals surface area contributed by atoms with E-state index in [4.69, 9.17) is 5.73 Å². The smallest absolute Gasteiger partial charge is 0.0569 e. The molecule has 1 atom stereocenters. The molecule has 2 heterocycles. The van der Waals surface area contributed by atoms with Gasteiger partial charge in [-0.15, -0.1) is 0 Å². The van der Waals surface area contributed by atoms with Crippen molar-refractivity contribution in [3.63, 3.8) is 0 Å². The highest BCUT2D eigenvalue weighted by molar-refractivity contribution is 5.45. The summed E-state index contributed by atoms with van der Waals surface area (Å²) in [7, 11) is 0. The number of piperazine rings is 1. The third-order valence-corrected chi connectivity index (χ3v) is 3.98. The van der Waals surface area contributed by atoms with E-state index in [1.54, 1.807) is 0 Å². The third kappa shape index (κ3) is 2.49. The zero-order chi connectivity index (χ0) is 12.5. The fourth-order valence-corrected chi connectivity index (χ4v) is 2.64. The molecule has 2 N–H and O–H groups in total. The molecule has 0 aromatic carbocycles. The van der Waals surface area contributed by atoms with Crippen LogP contribution >= 0.6 is 0 Å². The molecule has 0 bridgehead atoms. The van der Waals surface area contributed by atoms with Crippen LogP contribution in [0.25, 0.3) is 0 Å². The van der Waals surface area contributed by atoms with Gasteiger partial charge in [0.15, 0.2) is 0 Å². The van der Waals surface area contributed by atoms with Gasteiger partial charge in [0.05, 0.1) is 17.6 Å². The Morgan fingerprint density at radius 1 is 1.22 bits per heavy atom. The van der Waals surface area contributed by atoms with E-state index in [2.05, 4.69) is 20.9 Å². The van der Waals surface area contributed by atoms with Gasteiger partial charge in [-0.2, -0.15) is 0 Å². The number of nitrogens with two attached hydrogens (primary N) is 1. The van der Waals surface area contributed by atoms with Crippen LogP contribution in [0.5, 0.6) is 0 Å². The van der Waals surface area contributed by atoms with Gasteiger partial charge in [0, 0.05) is 38.3 Å². The zero-order valence-corrected chi connectivity index (χ0v) is 11.0. The van der Waals surface area contributed by atoms with E-state index in [0.29, 0.717) is 0 Å². The maximum atomic E-state index is 5.82. The van der Waals surface area contributed by atoms with Crippen molar-refractivity contribution in [3.05, 3.63) is 24.0 Å². The second kappa shape index (κ2) is 4.86. The fourth-order valence-electron chi connectivity index (χ4n) is 2.64. The first kappa shape index (κ1) is 11.9. The van der Waals surface area contributed by atoms with Gasteiger partial charge in [-0.25, -0.2) is 0 Å². The minimum atomic E-state index is 0.0192. The SMILES string of the molecule is CC(N)c1ccc(N2CCN(C3CC3)CC2)cn1. The van der Waals surface area contributed by atoms with Crippen molar-refractivity contribution in [2.24, 2.45) is 5.73 Å². The number of pyridine rings is 1. The maximum Gasteiger partial charge on any atom is 0.0569 e. The number of nitrogens with zero attached hydrogens (tertiary/aromatic N) is 3. The van der Waals surface area contributed by atoms with E-state index in [-0.39, 0.29) is 6.04 Å². The van der Waals surface area contributed by atoms with Crippen molar-refractivity contribution in [2.45, 2.75) is 31.8 Å². The molecule has 98 valence electrons. The van der Waals surface area contributed by atoms with Crippen LogP contribution in [0.4, 0.5) is 5.69 Å². The summed E-state index contributed by atoms with van der Waals surface area (Å²) in [6, 6.07) is 5.11. The minimum absolute atomic E-state index is 0.0192. The maximum absolute atomic E-state index is 5.82. The van der Waals surface area contributed by atoms with Gasteiger partial charge in [0.2, 0.25) is 0 Å². The molecule has 1 unspecified atom stereocenters. The summed E-state index contributed by atoms with van der Waals surface area (Å²) in [4.78, 5) is 9.49. The second-order valence-corrected chi connectivity index (χ2v) is 5.48. The predicted molar refractivity (Wildman–Crippen MR) is 73.6 cm³/mol. The summed E-state index contributed by atoms with van der Waals surface area (Å²) in [5.74, 6) is 0. The van der Waals surface area contributed by atoms with Gasteiger partial charge >= 0.3 is 0 Å². The minimum Gasteiger partial charge on any atom is -0.368 e. The Hall–Kier alpha value is -1.13. The van der Waals surface area contributed by atoms with Gasteiger partial charge in [-0.1, -0.05) is 0 Å². The lowest BCUT2D eigenvalue weighted by Crippen LogP contribution is -2.47. The van der Waals surface area contributed by atoms with E-state index < -0.39 is 0 Å². The summed E-state index contributed by atoms with van der Waals surface area (Å²) in [5.41, 5.74) is 8.02. The first-order valence-electron chi connectivity index (χ1n) is 6.94. The standard InChI is InChI=1S/C14H22N4/c1-11(15)14-5-4-13(10-16-14)18-8-6-17(7-9-18)12-2-3-12/h4-5,10-12H,2-3,6-9,15H2,1H3. The summed E-state index contributed by atoms with van der Waals surface area (Å²) in [6.45, 7) is 6.60. The molecule has 2 aliphatic rings. The number of hydrogen-bond donors (Lipinski definition) is 1. The molecular formula is C14H22N4. The van der Waals surface area contributed by atoms with Crippen molar-refractivity contribution in [1.82, 2.24) is 9.88 Å². The first-order chi connectivity index (χ1) is 8.74. The lowest BCUT2D eigenvalue weighted by Gasteiger charge is -2.36. The lowest BCUT2D eigenvalue weighted by molar-refractivity contribution is 0.248. The molecule has 0 radical (unpaired) electrons. The Bertz CT molecular complexity index is 389. The van der Waals surface area contributed by atoms with Crippen molar-refractivity contribution < 1.29 is 0 Å². The number of hydrogen-bond acceptors (Lipinski definition) is 4. The molecule has 18 heavy (non-hydrogen) atoms. The van der Waals surface area contributed by atoms with Crippen molar-refractivity contribution >= 4 is 5.69 Å². The first-order valence-corrected chi connectivity index (χ1v) is 6.94. The number of aromatic nitrogens is 1. The average molecular weight is 246 g/mol. The summed E-state index contributed by atoms with van der Waals surface area (Å²) in [6.07, 6.45) is 4.78. The van der Waals surface area contributed by atoms with Crippen molar-refractivity contribution in [2.75, 3.05) is 31.1 Å². The monoisotopic (exact) mass is 246 g/mol. The molecule has 1 aromatic rings. The van der Waals surface area contributed by atoms with E-state index in [9.17, 15) is 0 Å². The van der Waals surface area contributed by atoms with Crippen LogP contribution in [0, 0.1) is 0 Å². The van der Waals surface area contributed by atoms with Crippen LogP contribution in [0.3, 0.4) is 0 Å². The molecule has 0 amide bonds. The Morgan fingerprint density at radius 3 is 2.44 bits per heavy atom. The molecule has 3 rings (SSSR count). The van der Waals surface area contributed by atoms with Crippen molar-refractivity contribution in [1.29, 1.82) is 0 Å². The van der Waals surface area contributed by atoms with Crippen LogP contribution < -0.4 is 10.6 Å². The van der Waals surface area contributed by atoms with E-state index in [0.717, 1.165) is 24.8 Å². The van der Waals surface area contributed by atoms with E-state index in [1.807, 2.05) is 19.2 Å². The third-order valence-electron chi connectivity index (χ3n) is 3.98. The Morgan fingerprint density at radius 2 is 1.94 bits per heavy atom. The Kier molecular flexibility index (Phi) is 3.22. The fraction of sp³-hybridized carbons (Fsp3) is 0.643. The van der Waals surface area contributed by atoms with E-state index in [1.165, 1.54) is 31.6 Å². The summed E-state index contributed by atoms with van der Waals surface area (Å²) < 4.78 is 0. The molecule has 1 saturated carbocycles. The van der Waals surface area contributed by atoms with E-state index >= 15 is 0 Å². The molecule has 2 fully saturated rings. The summed E-state index contributed by atoms with van der Waals surface area (Å²) in [5, 5.41) is 0. The molecule has 4 nitrogen and oxygen atoms in total. The van der Waals surface area contributed by atoms with Gasteiger partial charge in [-0.05, 0) is 31.9 Å². The topological polar surface area (TPSA) is 45.4 Å². The Labute approximate surface area is 109 Å². The Balaban J connectivity index is 1.61. The van der Waals surface area contributed by atoms with Crippen LogP contribution in [0.15, 0.2) is 18.3 Å². The molecule has 1 aromatic heterocycles.